The number of hydrogen-bond acceptors (Lipinski definition) is 1. The molecular formula is C4H6Co2O. The molecule has 46 valence electrons. The molecule has 1 nitrogen and oxygen atoms in total. The second kappa shape index (κ2) is 0.770. The number of methoxy groups -OCH3 is 1. The normalized spacial score (nSPS) is 67.3. The monoisotopic (exact) mass is 188 g/mol. The standard InChI is InChI=1S/C4H6O.2Co/c1-3-4-5-2;;/h1H,4H2,2H3;;. The second-order valence-electron chi connectivity index (χ2n) is 1.81. The van der Waals surface area contributed by atoms with Crippen molar-refractivity contribution in [3.63, 3.8) is 0 Å². The summed E-state index contributed by atoms with van der Waals surface area (Å²) in [5.74, 6) is 0. The van der Waals surface area contributed by atoms with Crippen LogP contribution in [-0.4, -0.2) is 13.7 Å². The Bertz CT molecular complexity index is 119. The molecule has 0 N–H and O–H groups in total. The summed E-state index contributed by atoms with van der Waals surface area (Å²) in [4.78, 5) is 0. The van der Waals surface area contributed by atoms with Crippen LogP contribution in [0.4, 0.5) is 0 Å². The molecule has 4 aliphatic heterocycles. The van der Waals surface area contributed by atoms with E-state index in [4.69, 9.17) is 4.74 Å². The van der Waals surface area contributed by atoms with E-state index in [1.54, 1.807) is 0 Å². The zero-order chi connectivity index (χ0) is 4.65. The number of ether oxygens (including phenoxy) is 1. The van der Waals surface area contributed by atoms with Gasteiger partial charge in [-0.1, -0.05) is 0 Å². The minimum atomic E-state index is 0.745. The molecule has 0 bridgehead atoms. The fourth-order valence-corrected chi connectivity index (χ4v) is 12.3. The molecule has 0 amide bonds. The molecule has 4 heterocycles. The molecule has 0 aromatic rings. The van der Waals surface area contributed by atoms with E-state index in [1.165, 1.54) is 3.79 Å². The van der Waals surface area contributed by atoms with Gasteiger partial charge < -0.3 is 0 Å². The van der Waals surface area contributed by atoms with Crippen LogP contribution in [0.1, 0.15) is 0 Å². The first-order chi connectivity index (χ1) is 3.43. The van der Waals surface area contributed by atoms with Gasteiger partial charge in [-0.25, -0.2) is 0 Å². The SMILES string of the molecule is COC[C]12[CH]3[Co]1[Co]32. The first-order valence-electron chi connectivity index (χ1n) is 2.17. The zero-order valence-electron chi connectivity index (χ0n) is 3.86. The molecule has 0 aliphatic carbocycles. The summed E-state index contributed by atoms with van der Waals surface area (Å²) in [6.45, 7) is 1.12. The molecule has 0 spiro atoms. The van der Waals surface area contributed by atoms with Crippen LogP contribution >= 0.6 is 0 Å². The molecule has 3 heteroatoms. The van der Waals surface area contributed by atoms with Crippen LogP contribution in [0, 0.1) is 0 Å². The third-order valence-electron chi connectivity index (χ3n) is 1.37. The van der Waals surface area contributed by atoms with Gasteiger partial charge in [0.1, 0.15) is 0 Å². The van der Waals surface area contributed by atoms with Crippen molar-refractivity contribution in [2.45, 2.75) is 7.07 Å². The Kier molecular flexibility index (Phi) is 0.429. The quantitative estimate of drug-likeness (QED) is 0.619. The first kappa shape index (κ1) is 3.90. The van der Waals surface area contributed by atoms with Gasteiger partial charge in [-0.3, -0.25) is 0 Å². The predicted molar refractivity (Wildman–Crippen MR) is 18.3 cm³/mol. The van der Waals surface area contributed by atoms with Crippen LogP contribution < -0.4 is 0 Å². The average molecular weight is 188 g/mol. The maximum atomic E-state index is 5.06. The van der Waals surface area contributed by atoms with Crippen LogP contribution in [0.2, 0.25) is 7.07 Å². The summed E-state index contributed by atoms with van der Waals surface area (Å²) in [5, 5.41) is 0. The van der Waals surface area contributed by atoms with Gasteiger partial charge in [0.05, 0.1) is 0 Å². The zero-order valence-corrected chi connectivity index (χ0v) is 5.94. The summed E-state index contributed by atoms with van der Waals surface area (Å²) in [6, 6.07) is 0. The molecule has 0 atom stereocenters. The van der Waals surface area contributed by atoms with Gasteiger partial charge in [0.25, 0.3) is 0 Å². The molecule has 0 aromatic heterocycles. The molecule has 7 heavy (non-hydrogen) atoms. The topological polar surface area (TPSA) is 9.23 Å². The molecule has 4 aliphatic rings. The number of hydrogen-bond donors (Lipinski definition) is 0. The van der Waals surface area contributed by atoms with E-state index in [0.717, 1.165) is 33.7 Å². The van der Waals surface area contributed by atoms with Crippen molar-refractivity contribution in [2.24, 2.45) is 0 Å². The van der Waals surface area contributed by atoms with Crippen molar-refractivity contribution in [2.75, 3.05) is 13.7 Å². The Morgan fingerprint density at radius 3 is 2.43 bits per heavy atom. The third kappa shape index (κ3) is 0.237. The summed E-state index contributed by atoms with van der Waals surface area (Å²) < 4.78 is 7.31. The van der Waals surface area contributed by atoms with Gasteiger partial charge in [-0.05, 0) is 0 Å². The van der Waals surface area contributed by atoms with Gasteiger partial charge in [0.15, 0.2) is 0 Å². The van der Waals surface area contributed by atoms with Crippen molar-refractivity contribution < 1.29 is 28.5 Å². The number of rotatable bonds is 2. The van der Waals surface area contributed by atoms with Crippen LogP contribution in [0.15, 0.2) is 0 Å². The van der Waals surface area contributed by atoms with Gasteiger partial charge in [0.2, 0.25) is 0 Å². The van der Waals surface area contributed by atoms with Crippen molar-refractivity contribution in [1.29, 1.82) is 0 Å². The molecule has 4 rings (SSSR count). The first-order valence-corrected chi connectivity index (χ1v) is 6.19. The Labute approximate surface area is 49.6 Å². The molecule has 0 radical (unpaired) electrons. The van der Waals surface area contributed by atoms with Crippen LogP contribution in [-0.2, 0) is 28.5 Å². The molecular weight excluding hydrogens is 182 g/mol. The Morgan fingerprint density at radius 1 is 1.71 bits per heavy atom. The third-order valence-corrected chi connectivity index (χ3v) is 12.5. The van der Waals surface area contributed by atoms with Gasteiger partial charge >= 0.3 is 49.3 Å². The van der Waals surface area contributed by atoms with E-state index in [-0.39, 0.29) is 0 Å². The van der Waals surface area contributed by atoms with E-state index >= 15 is 0 Å². The summed E-state index contributed by atoms with van der Waals surface area (Å²) >= 11 is 1.49. The van der Waals surface area contributed by atoms with Crippen molar-refractivity contribution in [1.82, 2.24) is 0 Å². The van der Waals surface area contributed by atoms with E-state index in [1.807, 2.05) is 7.11 Å². The predicted octanol–water partition coefficient (Wildman–Crippen LogP) is 0.687. The second-order valence-corrected chi connectivity index (χ2v) is 10.1. The summed E-state index contributed by atoms with van der Waals surface area (Å²) in [6.07, 6.45) is 0. The van der Waals surface area contributed by atoms with Gasteiger partial charge in [-0.2, -0.15) is 0 Å². The molecule has 4 fully saturated rings. The fraction of sp³-hybridized carbons (Fsp3) is 1.00. The molecule has 0 aromatic carbocycles. The van der Waals surface area contributed by atoms with Gasteiger partial charge in [-0.15, -0.1) is 0 Å². The van der Waals surface area contributed by atoms with E-state index in [0.29, 0.717) is 0 Å². The van der Waals surface area contributed by atoms with E-state index < -0.39 is 0 Å². The summed E-state index contributed by atoms with van der Waals surface area (Å²) in [7, 11) is 1.83. The molecule has 0 saturated carbocycles. The Hall–Kier alpha value is 0.973. The van der Waals surface area contributed by atoms with E-state index in [2.05, 4.69) is 0 Å². The van der Waals surface area contributed by atoms with Crippen LogP contribution in [0.5, 0.6) is 0 Å². The van der Waals surface area contributed by atoms with Crippen molar-refractivity contribution in [3.8, 4) is 0 Å². The Balaban J connectivity index is 1.79. The van der Waals surface area contributed by atoms with Crippen LogP contribution in [0.3, 0.4) is 0 Å². The Morgan fingerprint density at radius 2 is 2.29 bits per heavy atom. The minimum absolute atomic E-state index is 0.745. The molecule has 4 saturated heterocycles. The van der Waals surface area contributed by atoms with Gasteiger partial charge in [0, 0.05) is 0 Å². The fourth-order valence-electron chi connectivity index (χ4n) is 0.811. The van der Waals surface area contributed by atoms with E-state index in [9.17, 15) is 0 Å². The summed E-state index contributed by atoms with van der Waals surface area (Å²) in [5.41, 5.74) is 0. The maximum absolute atomic E-state index is 5.06. The van der Waals surface area contributed by atoms with Crippen molar-refractivity contribution >= 4 is 0 Å². The van der Waals surface area contributed by atoms with Crippen molar-refractivity contribution in [3.05, 3.63) is 0 Å². The van der Waals surface area contributed by atoms with Crippen LogP contribution in [0.25, 0.3) is 0 Å². The average Bonchev–Trinajstić information content (AvgIpc) is 2.38. The molecule has 0 unspecified atom stereocenters.